The molecule has 1 aliphatic heterocycles. The van der Waals surface area contributed by atoms with Gasteiger partial charge in [-0.05, 0) is 32.0 Å². The Morgan fingerprint density at radius 2 is 1.73 bits per heavy atom. The zero-order valence-corrected chi connectivity index (χ0v) is 19.7. The van der Waals surface area contributed by atoms with Gasteiger partial charge in [-0.2, -0.15) is 4.98 Å². The minimum absolute atomic E-state index is 0.0852. The maximum atomic E-state index is 12.9. The van der Waals surface area contributed by atoms with Gasteiger partial charge < -0.3 is 9.42 Å². The number of aromatic nitrogens is 2. The van der Waals surface area contributed by atoms with E-state index in [2.05, 4.69) is 15.0 Å². The van der Waals surface area contributed by atoms with Crippen molar-refractivity contribution in [2.45, 2.75) is 24.7 Å². The highest BCUT2D eigenvalue weighted by Crippen LogP contribution is 2.19. The quantitative estimate of drug-likeness (QED) is 0.526. The van der Waals surface area contributed by atoms with E-state index < -0.39 is 9.84 Å². The van der Waals surface area contributed by atoms with Crippen molar-refractivity contribution in [2.75, 3.05) is 39.0 Å². The van der Waals surface area contributed by atoms with Crippen molar-refractivity contribution in [2.24, 2.45) is 0 Å². The Balaban J connectivity index is 1.26. The molecular weight excluding hydrogens is 440 g/mol. The molecule has 0 unspecified atom stereocenters. The van der Waals surface area contributed by atoms with Gasteiger partial charge in [0, 0.05) is 44.4 Å². The number of sulfone groups is 1. The first-order valence-corrected chi connectivity index (χ1v) is 12.9. The molecule has 0 spiro atoms. The van der Waals surface area contributed by atoms with E-state index in [4.69, 9.17) is 4.52 Å². The first-order valence-electron chi connectivity index (χ1n) is 11.0. The van der Waals surface area contributed by atoms with Crippen molar-refractivity contribution in [1.82, 2.24) is 19.9 Å². The molecule has 0 saturated carbocycles. The molecule has 2 heterocycles. The number of hydrogen-bond donors (Lipinski definition) is 0. The highest BCUT2D eigenvalue weighted by molar-refractivity contribution is 7.90. The van der Waals surface area contributed by atoms with Crippen LogP contribution in [0.15, 0.2) is 57.9 Å². The lowest BCUT2D eigenvalue weighted by Gasteiger charge is -2.35. The van der Waals surface area contributed by atoms with Gasteiger partial charge in [-0.1, -0.05) is 47.1 Å². The summed E-state index contributed by atoms with van der Waals surface area (Å²) in [5.41, 5.74) is 2.37. The number of carbonyl (C=O) groups is 1. The van der Waals surface area contributed by atoms with E-state index in [0.29, 0.717) is 31.2 Å². The van der Waals surface area contributed by atoms with Gasteiger partial charge in [0.2, 0.25) is 11.7 Å². The number of aryl methyl sites for hydroxylation is 2. The minimum atomic E-state index is -3.46. The van der Waals surface area contributed by atoms with E-state index in [9.17, 15) is 13.2 Å². The second-order valence-corrected chi connectivity index (χ2v) is 10.4. The fourth-order valence-corrected chi connectivity index (χ4v) is 4.82. The third kappa shape index (κ3) is 5.66. The van der Waals surface area contributed by atoms with E-state index in [1.165, 1.54) is 11.6 Å². The van der Waals surface area contributed by atoms with Crippen LogP contribution in [-0.2, 0) is 16.3 Å². The summed E-state index contributed by atoms with van der Waals surface area (Å²) >= 11 is 0. The SMILES string of the molecule is Cc1ccc(-c2noc(CCCN3CCN(C(=O)c4ccccc4S(C)(=O)=O)CC3)n2)cc1. The summed E-state index contributed by atoms with van der Waals surface area (Å²) in [5.74, 6) is 0.994. The Kier molecular flexibility index (Phi) is 6.90. The largest absolute Gasteiger partial charge is 0.339 e. The van der Waals surface area contributed by atoms with Crippen LogP contribution in [0.4, 0.5) is 0 Å². The topological polar surface area (TPSA) is 96.6 Å². The van der Waals surface area contributed by atoms with Crippen LogP contribution in [0.1, 0.15) is 28.2 Å². The molecular formula is C24H28N4O4S. The number of rotatable bonds is 7. The zero-order chi connectivity index (χ0) is 23.4. The maximum absolute atomic E-state index is 12.9. The number of carbonyl (C=O) groups excluding carboxylic acids is 1. The van der Waals surface area contributed by atoms with Gasteiger partial charge in [-0.3, -0.25) is 9.69 Å². The number of benzene rings is 2. The molecule has 1 amide bonds. The molecule has 1 aromatic heterocycles. The predicted molar refractivity (Wildman–Crippen MR) is 125 cm³/mol. The molecule has 2 aromatic carbocycles. The Morgan fingerprint density at radius 1 is 1.03 bits per heavy atom. The highest BCUT2D eigenvalue weighted by Gasteiger charge is 2.26. The van der Waals surface area contributed by atoms with Crippen LogP contribution in [-0.4, -0.2) is 73.2 Å². The zero-order valence-electron chi connectivity index (χ0n) is 18.9. The summed E-state index contributed by atoms with van der Waals surface area (Å²) in [5, 5.41) is 4.08. The molecule has 0 bridgehead atoms. The lowest BCUT2D eigenvalue weighted by atomic mass is 10.1. The monoisotopic (exact) mass is 468 g/mol. The first-order chi connectivity index (χ1) is 15.8. The third-order valence-corrected chi connectivity index (χ3v) is 6.97. The highest BCUT2D eigenvalue weighted by atomic mass is 32.2. The van der Waals surface area contributed by atoms with Gasteiger partial charge in [-0.15, -0.1) is 0 Å². The molecule has 1 saturated heterocycles. The average Bonchev–Trinajstić information content (AvgIpc) is 3.28. The Bertz CT molecular complexity index is 1210. The molecule has 174 valence electrons. The number of hydrogen-bond acceptors (Lipinski definition) is 7. The summed E-state index contributed by atoms with van der Waals surface area (Å²) in [6, 6.07) is 14.4. The Labute approximate surface area is 194 Å². The number of nitrogens with zero attached hydrogens (tertiary/aromatic N) is 4. The standard InChI is InChI=1S/C24H28N4O4S/c1-18-9-11-19(12-10-18)23-25-22(32-26-23)8-5-13-27-14-16-28(17-15-27)24(29)20-6-3-4-7-21(20)33(2,30)31/h3-4,6-7,9-12H,5,8,13-17H2,1-2H3. The molecule has 1 aliphatic rings. The van der Waals surface area contributed by atoms with Crippen LogP contribution in [0.3, 0.4) is 0 Å². The Morgan fingerprint density at radius 3 is 2.42 bits per heavy atom. The van der Waals surface area contributed by atoms with Gasteiger partial charge in [0.15, 0.2) is 9.84 Å². The molecule has 0 aliphatic carbocycles. The lowest BCUT2D eigenvalue weighted by Crippen LogP contribution is -2.49. The van der Waals surface area contributed by atoms with Crippen molar-refractivity contribution in [1.29, 1.82) is 0 Å². The molecule has 0 radical (unpaired) electrons. The van der Waals surface area contributed by atoms with Crippen LogP contribution >= 0.6 is 0 Å². The van der Waals surface area contributed by atoms with Crippen LogP contribution in [0, 0.1) is 6.92 Å². The number of amides is 1. The van der Waals surface area contributed by atoms with Gasteiger partial charge in [0.05, 0.1) is 10.5 Å². The summed E-state index contributed by atoms with van der Waals surface area (Å²) in [4.78, 5) is 21.5. The van der Waals surface area contributed by atoms with E-state index in [1.54, 1.807) is 23.1 Å². The van der Waals surface area contributed by atoms with Crippen molar-refractivity contribution >= 4 is 15.7 Å². The fourth-order valence-electron chi connectivity index (χ4n) is 3.94. The molecule has 3 aromatic rings. The van der Waals surface area contributed by atoms with Crippen molar-refractivity contribution < 1.29 is 17.7 Å². The molecule has 1 fully saturated rings. The lowest BCUT2D eigenvalue weighted by molar-refractivity contribution is 0.0632. The van der Waals surface area contributed by atoms with Gasteiger partial charge in [-0.25, -0.2) is 8.42 Å². The summed E-state index contributed by atoms with van der Waals surface area (Å²) in [6.45, 7) is 5.51. The summed E-state index contributed by atoms with van der Waals surface area (Å²) < 4.78 is 29.4. The second-order valence-electron chi connectivity index (χ2n) is 8.38. The van der Waals surface area contributed by atoms with Crippen molar-refractivity contribution in [3.05, 3.63) is 65.5 Å². The van der Waals surface area contributed by atoms with Crippen LogP contribution < -0.4 is 0 Å². The molecule has 33 heavy (non-hydrogen) atoms. The first kappa shape index (κ1) is 23.1. The average molecular weight is 469 g/mol. The molecule has 4 rings (SSSR count). The van der Waals surface area contributed by atoms with Crippen molar-refractivity contribution in [3.8, 4) is 11.4 Å². The van der Waals surface area contributed by atoms with Gasteiger partial charge >= 0.3 is 0 Å². The Hall–Kier alpha value is -3.04. The van der Waals surface area contributed by atoms with Crippen LogP contribution in [0.5, 0.6) is 0 Å². The van der Waals surface area contributed by atoms with Gasteiger partial charge in [0.25, 0.3) is 5.91 Å². The molecule has 0 N–H and O–H groups in total. The summed E-state index contributed by atoms with van der Waals surface area (Å²) in [7, 11) is -3.46. The predicted octanol–water partition coefficient (Wildman–Crippen LogP) is 2.84. The maximum Gasteiger partial charge on any atom is 0.255 e. The van der Waals surface area contributed by atoms with E-state index in [1.807, 2.05) is 31.2 Å². The van der Waals surface area contributed by atoms with Gasteiger partial charge in [0.1, 0.15) is 0 Å². The van der Waals surface area contributed by atoms with E-state index >= 15 is 0 Å². The van der Waals surface area contributed by atoms with Crippen LogP contribution in [0.25, 0.3) is 11.4 Å². The van der Waals surface area contributed by atoms with Crippen molar-refractivity contribution in [3.63, 3.8) is 0 Å². The number of piperazine rings is 1. The molecule has 0 atom stereocenters. The molecule has 8 nitrogen and oxygen atoms in total. The fraction of sp³-hybridized carbons (Fsp3) is 0.375. The van der Waals surface area contributed by atoms with E-state index in [-0.39, 0.29) is 16.4 Å². The normalized spacial score (nSPS) is 15.0. The summed E-state index contributed by atoms with van der Waals surface area (Å²) in [6.07, 6.45) is 2.70. The molecule has 9 heteroatoms. The van der Waals surface area contributed by atoms with Crippen LogP contribution in [0.2, 0.25) is 0 Å². The second kappa shape index (κ2) is 9.84. The smallest absolute Gasteiger partial charge is 0.255 e. The van der Waals surface area contributed by atoms with E-state index in [0.717, 1.165) is 37.9 Å². The minimum Gasteiger partial charge on any atom is -0.339 e. The third-order valence-electron chi connectivity index (χ3n) is 5.82.